The van der Waals surface area contributed by atoms with Crippen LogP contribution in [0.25, 0.3) is 0 Å². The van der Waals surface area contributed by atoms with Crippen LogP contribution in [0, 0.1) is 13.8 Å². The Kier molecular flexibility index (Phi) is 3.92. The van der Waals surface area contributed by atoms with E-state index in [4.69, 9.17) is 0 Å². The third-order valence-electron chi connectivity index (χ3n) is 2.94. The van der Waals surface area contributed by atoms with Crippen LogP contribution in [0.15, 0.2) is 29.6 Å². The van der Waals surface area contributed by atoms with Crippen molar-refractivity contribution < 1.29 is 0 Å². The first-order chi connectivity index (χ1) is 8.16. The number of rotatable bonds is 4. The fourth-order valence-corrected chi connectivity index (χ4v) is 2.46. The lowest BCUT2D eigenvalue weighted by molar-refractivity contribution is 0.562. The van der Waals surface area contributed by atoms with Gasteiger partial charge in [0, 0.05) is 18.0 Å². The third kappa shape index (κ3) is 3.14. The zero-order valence-electron chi connectivity index (χ0n) is 10.5. The van der Waals surface area contributed by atoms with Crippen molar-refractivity contribution in [2.24, 2.45) is 0 Å². The summed E-state index contributed by atoms with van der Waals surface area (Å²) in [5, 5.41) is 6.77. The molecule has 0 fully saturated rings. The first-order valence-electron chi connectivity index (χ1n) is 5.86. The molecule has 0 radical (unpaired) electrons. The highest BCUT2D eigenvalue weighted by molar-refractivity contribution is 7.09. The molecular weight excluding hydrogens is 228 g/mol. The summed E-state index contributed by atoms with van der Waals surface area (Å²) in [6.07, 6.45) is 0. The van der Waals surface area contributed by atoms with Crippen molar-refractivity contribution in [2.45, 2.75) is 33.4 Å². The highest BCUT2D eigenvalue weighted by atomic mass is 32.1. The average Bonchev–Trinajstić information content (AvgIpc) is 2.74. The normalized spacial score (nSPS) is 12.6. The number of nitrogens with zero attached hydrogens (tertiary/aromatic N) is 1. The fraction of sp³-hybridized carbons (Fsp3) is 0.357. The van der Waals surface area contributed by atoms with Gasteiger partial charge in [-0.05, 0) is 31.9 Å². The van der Waals surface area contributed by atoms with E-state index in [1.54, 1.807) is 11.3 Å². The van der Waals surface area contributed by atoms with Gasteiger partial charge in [0.1, 0.15) is 0 Å². The van der Waals surface area contributed by atoms with Crippen LogP contribution in [-0.2, 0) is 6.54 Å². The molecule has 0 saturated heterocycles. The predicted molar refractivity (Wildman–Crippen MR) is 73.3 cm³/mol. The van der Waals surface area contributed by atoms with Crippen molar-refractivity contribution in [1.82, 2.24) is 10.3 Å². The van der Waals surface area contributed by atoms with Gasteiger partial charge >= 0.3 is 0 Å². The number of aryl methyl sites for hydroxylation is 2. The van der Waals surface area contributed by atoms with Crippen molar-refractivity contribution in [3.05, 3.63) is 51.5 Å². The smallest absolute Gasteiger partial charge is 0.0898 e. The molecular formula is C14H18N2S. The van der Waals surface area contributed by atoms with E-state index in [0.717, 1.165) is 17.2 Å². The van der Waals surface area contributed by atoms with Crippen LogP contribution in [0.3, 0.4) is 0 Å². The SMILES string of the molecule is Cc1nc(C(C)NCc2ccccc2C)cs1. The van der Waals surface area contributed by atoms with E-state index in [-0.39, 0.29) is 0 Å². The maximum Gasteiger partial charge on any atom is 0.0898 e. The quantitative estimate of drug-likeness (QED) is 0.891. The number of nitrogens with one attached hydrogen (secondary N) is 1. The van der Waals surface area contributed by atoms with E-state index in [1.165, 1.54) is 11.1 Å². The molecule has 3 heteroatoms. The molecule has 0 spiro atoms. The Bertz CT molecular complexity index is 490. The van der Waals surface area contributed by atoms with E-state index in [2.05, 4.69) is 53.8 Å². The van der Waals surface area contributed by atoms with E-state index < -0.39 is 0 Å². The first-order valence-corrected chi connectivity index (χ1v) is 6.74. The Morgan fingerprint density at radius 1 is 1.29 bits per heavy atom. The minimum absolute atomic E-state index is 0.305. The topological polar surface area (TPSA) is 24.9 Å². The Hall–Kier alpha value is -1.19. The summed E-state index contributed by atoms with van der Waals surface area (Å²) < 4.78 is 0. The summed E-state index contributed by atoms with van der Waals surface area (Å²) in [5.41, 5.74) is 3.83. The van der Waals surface area contributed by atoms with Crippen LogP contribution >= 0.6 is 11.3 Å². The molecule has 0 aliphatic carbocycles. The summed E-state index contributed by atoms with van der Waals surface area (Å²) >= 11 is 1.71. The van der Waals surface area contributed by atoms with Crippen LogP contribution in [0.4, 0.5) is 0 Å². The van der Waals surface area contributed by atoms with Crippen molar-refractivity contribution in [3.8, 4) is 0 Å². The maximum absolute atomic E-state index is 4.50. The van der Waals surface area contributed by atoms with Gasteiger partial charge in [-0.25, -0.2) is 4.98 Å². The van der Waals surface area contributed by atoms with Gasteiger partial charge < -0.3 is 5.32 Å². The molecule has 1 heterocycles. The van der Waals surface area contributed by atoms with Gasteiger partial charge in [0.25, 0.3) is 0 Å². The number of thiazole rings is 1. The molecule has 0 aliphatic heterocycles. The lowest BCUT2D eigenvalue weighted by Crippen LogP contribution is -2.18. The first kappa shape index (κ1) is 12.3. The van der Waals surface area contributed by atoms with E-state index in [1.807, 2.05) is 6.92 Å². The van der Waals surface area contributed by atoms with Gasteiger partial charge in [-0.1, -0.05) is 24.3 Å². The number of hydrogen-bond donors (Lipinski definition) is 1. The van der Waals surface area contributed by atoms with Gasteiger partial charge in [0.15, 0.2) is 0 Å². The van der Waals surface area contributed by atoms with Crippen LogP contribution in [0.5, 0.6) is 0 Å². The Balaban J connectivity index is 1.97. The monoisotopic (exact) mass is 246 g/mol. The summed E-state index contributed by atoms with van der Waals surface area (Å²) in [7, 11) is 0. The van der Waals surface area contributed by atoms with Gasteiger partial charge in [0.2, 0.25) is 0 Å². The molecule has 1 atom stereocenters. The molecule has 1 aromatic heterocycles. The van der Waals surface area contributed by atoms with Crippen LogP contribution in [0.2, 0.25) is 0 Å². The highest BCUT2D eigenvalue weighted by Crippen LogP contribution is 2.16. The van der Waals surface area contributed by atoms with Crippen molar-refractivity contribution in [3.63, 3.8) is 0 Å². The summed E-state index contributed by atoms with van der Waals surface area (Å²) in [4.78, 5) is 4.50. The van der Waals surface area contributed by atoms with Crippen LogP contribution in [-0.4, -0.2) is 4.98 Å². The largest absolute Gasteiger partial charge is 0.305 e. The number of hydrogen-bond acceptors (Lipinski definition) is 3. The molecule has 0 amide bonds. The highest BCUT2D eigenvalue weighted by Gasteiger charge is 2.08. The molecule has 2 nitrogen and oxygen atoms in total. The zero-order chi connectivity index (χ0) is 12.3. The van der Waals surface area contributed by atoms with Crippen LogP contribution in [0.1, 0.15) is 34.8 Å². The molecule has 17 heavy (non-hydrogen) atoms. The molecule has 2 aromatic rings. The molecule has 0 aliphatic rings. The van der Waals surface area contributed by atoms with Crippen molar-refractivity contribution in [1.29, 1.82) is 0 Å². The van der Waals surface area contributed by atoms with Crippen LogP contribution < -0.4 is 5.32 Å². The zero-order valence-corrected chi connectivity index (χ0v) is 11.3. The summed E-state index contributed by atoms with van der Waals surface area (Å²) in [5.74, 6) is 0. The van der Waals surface area contributed by atoms with E-state index >= 15 is 0 Å². The molecule has 1 N–H and O–H groups in total. The Morgan fingerprint density at radius 2 is 2.06 bits per heavy atom. The number of aromatic nitrogens is 1. The average molecular weight is 246 g/mol. The summed E-state index contributed by atoms with van der Waals surface area (Å²) in [6, 6.07) is 8.78. The van der Waals surface area contributed by atoms with E-state index in [0.29, 0.717) is 6.04 Å². The minimum atomic E-state index is 0.305. The molecule has 1 aromatic carbocycles. The Labute approximate surface area is 107 Å². The second-order valence-electron chi connectivity index (χ2n) is 4.32. The fourth-order valence-electron chi connectivity index (χ4n) is 1.76. The molecule has 1 unspecified atom stereocenters. The second-order valence-corrected chi connectivity index (χ2v) is 5.38. The van der Waals surface area contributed by atoms with E-state index in [9.17, 15) is 0 Å². The molecule has 2 rings (SSSR count). The van der Waals surface area contributed by atoms with Crippen molar-refractivity contribution in [2.75, 3.05) is 0 Å². The minimum Gasteiger partial charge on any atom is -0.305 e. The predicted octanol–water partition coefficient (Wildman–Crippen LogP) is 3.61. The Morgan fingerprint density at radius 3 is 2.71 bits per heavy atom. The third-order valence-corrected chi connectivity index (χ3v) is 3.73. The van der Waals surface area contributed by atoms with Gasteiger partial charge in [-0.3, -0.25) is 0 Å². The number of benzene rings is 1. The molecule has 0 bridgehead atoms. The standard InChI is InChI=1S/C14H18N2S/c1-10-6-4-5-7-13(10)8-15-11(2)14-9-17-12(3)16-14/h4-7,9,11,15H,8H2,1-3H3. The lowest BCUT2D eigenvalue weighted by Gasteiger charge is -2.12. The van der Waals surface area contributed by atoms with Gasteiger partial charge in [-0.15, -0.1) is 11.3 Å². The summed E-state index contributed by atoms with van der Waals surface area (Å²) in [6.45, 7) is 7.24. The van der Waals surface area contributed by atoms with Gasteiger partial charge in [0.05, 0.1) is 10.7 Å². The molecule has 90 valence electrons. The van der Waals surface area contributed by atoms with Gasteiger partial charge in [-0.2, -0.15) is 0 Å². The molecule has 0 saturated carbocycles. The van der Waals surface area contributed by atoms with Crippen molar-refractivity contribution >= 4 is 11.3 Å². The maximum atomic E-state index is 4.50. The lowest BCUT2D eigenvalue weighted by atomic mass is 10.1. The second kappa shape index (κ2) is 5.43.